The maximum atomic E-state index is 12.8. The third-order valence-corrected chi connectivity index (χ3v) is 7.22. The molecule has 1 aromatic carbocycles. The third kappa shape index (κ3) is 7.22. The summed E-state index contributed by atoms with van der Waals surface area (Å²) >= 11 is 6.32. The number of benzene rings is 1. The lowest BCUT2D eigenvalue weighted by atomic mass is 9.84. The molecule has 1 heterocycles. The molecule has 6 nitrogen and oxygen atoms in total. The summed E-state index contributed by atoms with van der Waals surface area (Å²) in [7, 11) is 5.51. The Balaban J connectivity index is 0.00000363. The highest BCUT2D eigenvalue weighted by atomic mass is 127. The zero-order valence-corrected chi connectivity index (χ0v) is 22.8. The van der Waals surface area contributed by atoms with E-state index in [1.165, 1.54) is 5.56 Å². The highest BCUT2D eigenvalue weighted by Gasteiger charge is 2.42. The second-order valence-electron chi connectivity index (χ2n) is 9.30. The maximum absolute atomic E-state index is 12.8. The largest absolute Gasteiger partial charge is 0.356 e. The number of amides is 1. The topological polar surface area (TPSA) is 60.0 Å². The summed E-state index contributed by atoms with van der Waals surface area (Å²) in [6, 6.07) is 8.12. The van der Waals surface area contributed by atoms with Crippen molar-refractivity contribution in [2.45, 2.75) is 45.1 Å². The van der Waals surface area contributed by atoms with Crippen LogP contribution in [0.15, 0.2) is 29.3 Å². The summed E-state index contributed by atoms with van der Waals surface area (Å²) in [5.74, 6) is 1.67. The fourth-order valence-corrected chi connectivity index (χ4v) is 5.12. The Morgan fingerprint density at radius 2 is 1.84 bits per heavy atom. The number of nitrogens with one attached hydrogen (secondary N) is 2. The normalized spacial score (nSPS) is 19.3. The SMILES string of the molecule is CN=C(NCC1CCN(Cc2ccccc2Cl)CC1)NCC1(C(=O)N(C)C)CCCC1.I. The molecule has 1 saturated carbocycles. The van der Waals surface area contributed by atoms with Crippen LogP contribution in [0.5, 0.6) is 0 Å². The highest BCUT2D eigenvalue weighted by Crippen LogP contribution is 2.38. The summed E-state index contributed by atoms with van der Waals surface area (Å²) in [5.41, 5.74) is 0.920. The van der Waals surface area contributed by atoms with Gasteiger partial charge in [0.1, 0.15) is 0 Å². The van der Waals surface area contributed by atoms with Crippen LogP contribution in [0.4, 0.5) is 0 Å². The van der Waals surface area contributed by atoms with Gasteiger partial charge in [-0.05, 0) is 56.3 Å². The van der Waals surface area contributed by atoms with Crippen molar-refractivity contribution in [2.24, 2.45) is 16.3 Å². The fraction of sp³-hybridized carbons (Fsp3) is 0.667. The summed E-state index contributed by atoms with van der Waals surface area (Å²) in [4.78, 5) is 21.4. The zero-order valence-electron chi connectivity index (χ0n) is 19.7. The van der Waals surface area contributed by atoms with Crippen LogP contribution in [-0.2, 0) is 11.3 Å². The molecule has 3 rings (SSSR count). The van der Waals surface area contributed by atoms with Gasteiger partial charge >= 0.3 is 0 Å². The molecule has 1 aromatic rings. The van der Waals surface area contributed by atoms with Crippen molar-refractivity contribution < 1.29 is 4.79 Å². The lowest BCUT2D eigenvalue weighted by molar-refractivity contribution is -0.138. The van der Waals surface area contributed by atoms with Gasteiger partial charge in [-0.15, -0.1) is 24.0 Å². The first-order chi connectivity index (χ1) is 14.9. The van der Waals surface area contributed by atoms with Gasteiger partial charge in [0, 0.05) is 45.8 Å². The first-order valence-electron chi connectivity index (χ1n) is 11.6. The van der Waals surface area contributed by atoms with E-state index in [1.54, 1.807) is 11.9 Å². The van der Waals surface area contributed by atoms with Crippen molar-refractivity contribution in [2.75, 3.05) is 47.3 Å². The third-order valence-electron chi connectivity index (χ3n) is 6.86. The monoisotopic (exact) mass is 575 g/mol. The number of halogens is 2. The predicted octanol–water partition coefficient (Wildman–Crippen LogP) is 3.98. The van der Waals surface area contributed by atoms with Crippen LogP contribution >= 0.6 is 35.6 Å². The van der Waals surface area contributed by atoms with E-state index in [-0.39, 0.29) is 35.3 Å². The average Bonchev–Trinajstić information content (AvgIpc) is 3.26. The maximum Gasteiger partial charge on any atom is 0.230 e. The average molecular weight is 576 g/mol. The number of aliphatic imine (C=N–C) groups is 1. The molecule has 32 heavy (non-hydrogen) atoms. The van der Waals surface area contributed by atoms with E-state index in [0.717, 1.165) is 75.7 Å². The molecular weight excluding hydrogens is 537 g/mol. The van der Waals surface area contributed by atoms with Crippen molar-refractivity contribution in [3.8, 4) is 0 Å². The first-order valence-corrected chi connectivity index (χ1v) is 11.9. The number of guanidine groups is 1. The summed E-state index contributed by atoms with van der Waals surface area (Å²) in [5, 5.41) is 7.79. The van der Waals surface area contributed by atoms with Crippen LogP contribution in [0.3, 0.4) is 0 Å². The molecule has 1 amide bonds. The quantitative estimate of drug-likeness (QED) is 0.293. The van der Waals surface area contributed by atoms with Gasteiger partial charge < -0.3 is 15.5 Å². The van der Waals surface area contributed by atoms with E-state index in [9.17, 15) is 4.79 Å². The van der Waals surface area contributed by atoms with Gasteiger partial charge in [0.15, 0.2) is 5.96 Å². The molecule has 0 spiro atoms. The minimum atomic E-state index is -0.287. The summed E-state index contributed by atoms with van der Waals surface area (Å²) < 4.78 is 0. The van der Waals surface area contributed by atoms with E-state index in [1.807, 2.05) is 26.2 Å². The lowest BCUT2D eigenvalue weighted by Gasteiger charge is -2.33. The van der Waals surface area contributed by atoms with Crippen LogP contribution < -0.4 is 10.6 Å². The minimum absolute atomic E-state index is 0. The molecule has 180 valence electrons. The Bertz CT molecular complexity index is 759. The molecule has 0 radical (unpaired) electrons. The molecule has 2 fully saturated rings. The Kier molecular flexibility index (Phi) is 11.0. The second-order valence-corrected chi connectivity index (χ2v) is 9.71. The standard InChI is InChI=1S/C24H38ClN5O.HI/c1-26-23(28-18-24(12-6-7-13-24)22(31)29(2)3)27-16-19-10-14-30(15-11-19)17-20-8-4-5-9-21(20)25;/h4-5,8-9,19H,6-7,10-18H2,1-3H3,(H2,26,27,28);1H. The zero-order chi connectivity index (χ0) is 22.3. The second kappa shape index (κ2) is 13.0. The van der Waals surface area contributed by atoms with Crippen LogP contribution in [0, 0.1) is 11.3 Å². The van der Waals surface area contributed by atoms with Crippen LogP contribution in [0.2, 0.25) is 5.02 Å². The Morgan fingerprint density at radius 1 is 1.19 bits per heavy atom. The smallest absolute Gasteiger partial charge is 0.230 e. The van der Waals surface area contributed by atoms with Crippen molar-refractivity contribution in [1.82, 2.24) is 20.4 Å². The number of likely N-dealkylation sites (tertiary alicyclic amines) is 1. The molecule has 0 bridgehead atoms. The molecule has 2 aliphatic rings. The van der Waals surface area contributed by atoms with Gasteiger partial charge in [0.05, 0.1) is 5.41 Å². The van der Waals surface area contributed by atoms with Crippen LogP contribution in [0.1, 0.15) is 44.1 Å². The number of carbonyl (C=O) groups is 1. The number of rotatable bonds is 7. The van der Waals surface area contributed by atoms with E-state index in [0.29, 0.717) is 12.5 Å². The Hall–Kier alpha value is -1.06. The first kappa shape index (κ1) is 27.2. The summed E-state index contributed by atoms with van der Waals surface area (Å²) in [6.45, 7) is 4.66. The fourth-order valence-electron chi connectivity index (χ4n) is 4.92. The number of hydrogen-bond donors (Lipinski definition) is 2. The van der Waals surface area contributed by atoms with Gasteiger partial charge in [-0.1, -0.05) is 42.6 Å². The lowest BCUT2D eigenvalue weighted by Crippen LogP contribution is -2.50. The predicted molar refractivity (Wildman–Crippen MR) is 144 cm³/mol. The number of piperidine rings is 1. The molecule has 0 unspecified atom stereocenters. The van der Waals surface area contributed by atoms with E-state index >= 15 is 0 Å². The van der Waals surface area contributed by atoms with Crippen LogP contribution in [-0.4, -0.2) is 69.0 Å². The molecule has 2 N–H and O–H groups in total. The van der Waals surface area contributed by atoms with Gasteiger partial charge in [-0.2, -0.15) is 0 Å². The number of carbonyl (C=O) groups excluding carboxylic acids is 1. The van der Waals surface area contributed by atoms with E-state index in [2.05, 4.69) is 32.7 Å². The van der Waals surface area contributed by atoms with Gasteiger partial charge in [-0.25, -0.2) is 0 Å². The summed E-state index contributed by atoms with van der Waals surface area (Å²) in [6.07, 6.45) is 6.49. The molecule has 0 aromatic heterocycles. The van der Waals surface area contributed by atoms with Crippen molar-refractivity contribution in [3.05, 3.63) is 34.9 Å². The van der Waals surface area contributed by atoms with Crippen LogP contribution in [0.25, 0.3) is 0 Å². The number of nitrogens with zero attached hydrogens (tertiary/aromatic N) is 3. The van der Waals surface area contributed by atoms with E-state index in [4.69, 9.17) is 11.6 Å². The Labute approximate surface area is 215 Å². The van der Waals surface area contributed by atoms with Crippen molar-refractivity contribution >= 4 is 47.4 Å². The molecular formula is C24H39ClIN5O. The van der Waals surface area contributed by atoms with Gasteiger partial charge in [0.2, 0.25) is 5.91 Å². The minimum Gasteiger partial charge on any atom is -0.356 e. The van der Waals surface area contributed by atoms with Gasteiger partial charge in [-0.3, -0.25) is 14.7 Å². The molecule has 0 atom stereocenters. The molecule has 1 saturated heterocycles. The highest BCUT2D eigenvalue weighted by molar-refractivity contribution is 14.0. The number of hydrogen-bond acceptors (Lipinski definition) is 3. The molecule has 1 aliphatic heterocycles. The molecule has 1 aliphatic carbocycles. The van der Waals surface area contributed by atoms with Crippen molar-refractivity contribution in [1.29, 1.82) is 0 Å². The Morgan fingerprint density at radius 3 is 2.44 bits per heavy atom. The van der Waals surface area contributed by atoms with E-state index < -0.39 is 0 Å². The molecule has 8 heteroatoms. The van der Waals surface area contributed by atoms with Crippen molar-refractivity contribution in [3.63, 3.8) is 0 Å². The van der Waals surface area contributed by atoms with Gasteiger partial charge in [0.25, 0.3) is 0 Å².